The highest BCUT2D eigenvalue weighted by Gasteiger charge is 2.15. The summed E-state index contributed by atoms with van der Waals surface area (Å²) in [7, 11) is 4.81. The average Bonchev–Trinajstić information content (AvgIpc) is 2.92. The van der Waals surface area contributed by atoms with Crippen LogP contribution in [0.1, 0.15) is 11.4 Å². The second-order valence-electron chi connectivity index (χ2n) is 5.68. The van der Waals surface area contributed by atoms with Crippen molar-refractivity contribution in [2.24, 2.45) is 21.1 Å². The second kappa shape index (κ2) is 6.57. The van der Waals surface area contributed by atoms with Crippen LogP contribution in [0, 0.1) is 0 Å². The molecule has 2 aromatic heterocycles. The number of halogens is 1. The molecular weight excluding hydrogens is 340 g/mol. The summed E-state index contributed by atoms with van der Waals surface area (Å²) in [6.07, 6.45) is 7.39. The number of hydrogen-bond donors (Lipinski definition) is 0. The van der Waals surface area contributed by atoms with Crippen LogP contribution in [-0.2, 0) is 21.1 Å². The molecule has 0 radical (unpaired) electrons. The summed E-state index contributed by atoms with van der Waals surface area (Å²) in [5.74, 6) is 0.587. The fourth-order valence-corrected chi connectivity index (χ4v) is 2.80. The highest BCUT2D eigenvalue weighted by Crippen LogP contribution is 2.13. The van der Waals surface area contributed by atoms with E-state index in [0.29, 0.717) is 22.0 Å². The predicted molar refractivity (Wildman–Crippen MR) is 101 cm³/mol. The zero-order valence-electron chi connectivity index (χ0n) is 14.1. The minimum Gasteiger partial charge on any atom is -0.322 e. The molecule has 0 N–H and O–H groups in total. The molecule has 3 rings (SSSR count). The van der Waals surface area contributed by atoms with Gasteiger partial charge in [-0.15, -0.1) is 0 Å². The van der Waals surface area contributed by atoms with Gasteiger partial charge >= 0.3 is 5.69 Å². The van der Waals surface area contributed by atoms with Gasteiger partial charge in [-0.3, -0.25) is 13.9 Å². The third-order valence-corrected chi connectivity index (χ3v) is 4.24. The van der Waals surface area contributed by atoms with E-state index >= 15 is 0 Å². The highest BCUT2D eigenvalue weighted by molar-refractivity contribution is 6.30. The van der Waals surface area contributed by atoms with E-state index in [1.807, 2.05) is 42.5 Å². The Morgan fingerprint density at radius 2 is 1.72 bits per heavy atom. The normalized spacial score (nSPS) is 12.0. The van der Waals surface area contributed by atoms with Gasteiger partial charge in [-0.1, -0.05) is 42.0 Å². The lowest BCUT2D eigenvalue weighted by Crippen LogP contribution is -2.37. The van der Waals surface area contributed by atoms with E-state index in [0.717, 1.165) is 10.1 Å². The van der Waals surface area contributed by atoms with Crippen LogP contribution in [0.25, 0.3) is 23.3 Å². The number of imidazole rings is 1. The molecule has 0 fully saturated rings. The Bertz CT molecular complexity index is 1130. The Morgan fingerprint density at radius 1 is 1.00 bits per heavy atom. The number of hydrogen-bond acceptors (Lipinski definition) is 3. The van der Waals surface area contributed by atoms with E-state index in [-0.39, 0.29) is 5.56 Å². The predicted octanol–water partition coefficient (Wildman–Crippen LogP) is 2.35. The van der Waals surface area contributed by atoms with Gasteiger partial charge in [0.05, 0.1) is 0 Å². The maximum Gasteiger partial charge on any atom is 0.332 e. The molecule has 0 bridgehead atoms. The molecule has 3 aromatic rings. The number of allylic oxidation sites excluding steroid dienone is 2. The van der Waals surface area contributed by atoms with Gasteiger partial charge in [0.2, 0.25) is 0 Å². The monoisotopic (exact) mass is 356 g/mol. The first-order chi connectivity index (χ1) is 11.9. The van der Waals surface area contributed by atoms with Crippen molar-refractivity contribution >= 4 is 34.9 Å². The molecule has 0 saturated carbocycles. The van der Waals surface area contributed by atoms with E-state index in [1.165, 1.54) is 11.6 Å². The minimum absolute atomic E-state index is 0.359. The molecule has 0 aliphatic rings. The molecule has 1 aromatic carbocycles. The quantitative estimate of drug-likeness (QED) is 0.677. The van der Waals surface area contributed by atoms with Crippen LogP contribution in [0.4, 0.5) is 0 Å². The summed E-state index contributed by atoms with van der Waals surface area (Å²) in [4.78, 5) is 28.7. The molecule has 0 amide bonds. The molecule has 2 heterocycles. The Hall–Kier alpha value is -2.86. The third kappa shape index (κ3) is 3.08. The summed E-state index contributed by atoms with van der Waals surface area (Å²) in [5, 5.41) is 0.679. The lowest BCUT2D eigenvalue weighted by molar-refractivity contribution is 0.705. The van der Waals surface area contributed by atoms with Gasteiger partial charge in [0.25, 0.3) is 5.56 Å². The van der Waals surface area contributed by atoms with Gasteiger partial charge in [0.1, 0.15) is 5.82 Å². The van der Waals surface area contributed by atoms with Crippen molar-refractivity contribution in [1.82, 2.24) is 18.7 Å². The summed E-state index contributed by atoms with van der Waals surface area (Å²) in [6, 6.07) is 7.51. The minimum atomic E-state index is -0.396. The van der Waals surface area contributed by atoms with Crippen LogP contribution in [-0.4, -0.2) is 18.7 Å². The average molecular weight is 357 g/mol. The number of aromatic nitrogens is 4. The molecule has 25 heavy (non-hydrogen) atoms. The van der Waals surface area contributed by atoms with Crippen LogP contribution in [0.2, 0.25) is 5.02 Å². The number of aryl methyl sites for hydroxylation is 2. The van der Waals surface area contributed by atoms with Gasteiger partial charge in [-0.2, -0.15) is 0 Å². The molecule has 128 valence electrons. The SMILES string of the molecule is Cn1c(=O)c2c(nc(/C=C/C=C/c3cccc(Cl)c3)n2C)n(C)c1=O. The first-order valence-corrected chi connectivity index (χ1v) is 8.00. The molecule has 0 aliphatic heterocycles. The van der Waals surface area contributed by atoms with Gasteiger partial charge in [0.15, 0.2) is 11.2 Å². The van der Waals surface area contributed by atoms with Crippen molar-refractivity contribution in [2.75, 3.05) is 0 Å². The second-order valence-corrected chi connectivity index (χ2v) is 6.12. The van der Waals surface area contributed by atoms with Crippen LogP contribution in [0.15, 0.2) is 46.0 Å². The van der Waals surface area contributed by atoms with Gasteiger partial charge in [-0.05, 0) is 23.8 Å². The molecule has 6 nitrogen and oxygen atoms in total. The Labute approximate surface area is 148 Å². The van der Waals surface area contributed by atoms with Crippen molar-refractivity contribution < 1.29 is 0 Å². The maximum absolute atomic E-state index is 12.3. The molecule has 0 saturated heterocycles. The Kier molecular flexibility index (Phi) is 4.46. The lowest BCUT2D eigenvalue weighted by atomic mass is 10.2. The molecule has 0 unspecified atom stereocenters. The summed E-state index contributed by atoms with van der Waals surface area (Å²) in [6.45, 7) is 0. The smallest absolute Gasteiger partial charge is 0.322 e. The number of benzene rings is 1. The van der Waals surface area contributed by atoms with Crippen molar-refractivity contribution in [3.05, 3.63) is 73.7 Å². The topological polar surface area (TPSA) is 61.8 Å². The van der Waals surface area contributed by atoms with Crippen LogP contribution in [0.3, 0.4) is 0 Å². The number of nitrogens with zero attached hydrogens (tertiary/aromatic N) is 4. The summed E-state index contributed by atoms with van der Waals surface area (Å²) in [5.41, 5.74) is 0.991. The Morgan fingerprint density at radius 3 is 2.44 bits per heavy atom. The van der Waals surface area contributed by atoms with Crippen LogP contribution < -0.4 is 11.2 Å². The molecule has 7 heteroatoms. The largest absolute Gasteiger partial charge is 0.332 e. The third-order valence-electron chi connectivity index (χ3n) is 4.00. The van der Waals surface area contributed by atoms with Crippen molar-refractivity contribution in [2.45, 2.75) is 0 Å². The maximum atomic E-state index is 12.3. The van der Waals surface area contributed by atoms with E-state index < -0.39 is 5.69 Å². The number of rotatable bonds is 3. The number of fused-ring (bicyclic) bond motifs is 1. The van der Waals surface area contributed by atoms with Gasteiger partial charge < -0.3 is 4.57 Å². The van der Waals surface area contributed by atoms with Crippen molar-refractivity contribution in [3.8, 4) is 0 Å². The standard InChI is InChI=1S/C18H17ClN4O2/c1-21-14(10-5-4-7-12-8-6-9-13(19)11-12)20-16-15(21)17(24)23(3)18(25)22(16)2/h4-11H,1-3H3/b7-4+,10-5+. The molecular formula is C18H17ClN4O2. The van der Waals surface area contributed by atoms with E-state index in [2.05, 4.69) is 4.98 Å². The fourth-order valence-electron chi connectivity index (χ4n) is 2.60. The highest BCUT2D eigenvalue weighted by atomic mass is 35.5. The zero-order valence-corrected chi connectivity index (χ0v) is 14.9. The first-order valence-electron chi connectivity index (χ1n) is 7.63. The molecule has 0 spiro atoms. The van der Waals surface area contributed by atoms with E-state index in [1.54, 1.807) is 24.7 Å². The summed E-state index contributed by atoms with van der Waals surface area (Å²) < 4.78 is 4.13. The van der Waals surface area contributed by atoms with E-state index in [4.69, 9.17) is 11.6 Å². The molecule has 0 atom stereocenters. The van der Waals surface area contributed by atoms with Crippen LogP contribution in [0.5, 0.6) is 0 Å². The van der Waals surface area contributed by atoms with Gasteiger partial charge in [0, 0.05) is 26.2 Å². The first kappa shape index (κ1) is 17.0. The molecule has 0 aliphatic carbocycles. The lowest BCUT2D eigenvalue weighted by Gasteiger charge is -2.02. The van der Waals surface area contributed by atoms with Gasteiger partial charge in [-0.25, -0.2) is 9.78 Å². The van der Waals surface area contributed by atoms with Crippen LogP contribution >= 0.6 is 11.6 Å². The Balaban J connectivity index is 1.99. The fraction of sp³-hybridized carbons (Fsp3) is 0.167. The zero-order chi connectivity index (χ0) is 18.1. The van der Waals surface area contributed by atoms with E-state index in [9.17, 15) is 9.59 Å². The summed E-state index contributed by atoms with van der Waals surface area (Å²) >= 11 is 5.95. The van der Waals surface area contributed by atoms with Crippen molar-refractivity contribution in [3.63, 3.8) is 0 Å². The van der Waals surface area contributed by atoms with Crippen molar-refractivity contribution in [1.29, 1.82) is 0 Å².